The third kappa shape index (κ3) is 3.91. The Hall–Kier alpha value is -3.14. The normalized spacial score (nSPS) is 10.5. The number of nitrogens with zero attached hydrogens (tertiary/aromatic N) is 1. The summed E-state index contributed by atoms with van der Waals surface area (Å²) in [5.41, 5.74) is 3.90. The molecule has 0 saturated heterocycles. The van der Waals surface area contributed by atoms with Crippen LogP contribution in [0.4, 0.5) is 5.69 Å². The Labute approximate surface area is 153 Å². The summed E-state index contributed by atoms with van der Waals surface area (Å²) < 4.78 is 1.57. The molecule has 0 unspecified atom stereocenters. The minimum atomic E-state index is -0.390. The van der Waals surface area contributed by atoms with E-state index < -0.39 is 5.91 Å². The molecule has 1 amide bonds. The SMILES string of the molecule is CCc1ccc(NC(=O)c2cccn(Cc3ccccc3C)c2=O)cc1. The first-order valence-corrected chi connectivity index (χ1v) is 8.72. The van der Waals surface area contributed by atoms with Crippen LogP contribution in [0.15, 0.2) is 71.7 Å². The number of pyridine rings is 1. The third-order valence-corrected chi connectivity index (χ3v) is 4.49. The van der Waals surface area contributed by atoms with Gasteiger partial charge in [-0.1, -0.05) is 43.3 Å². The Balaban J connectivity index is 1.83. The number of hydrogen-bond acceptors (Lipinski definition) is 2. The highest BCUT2D eigenvalue weighted by Gasteiger charge is 2.13. The largest absolute Gasteiger partial charge is 0.322 e. The maximum absolute atomic E-state index is 12.7. The average molecular weight is 346 g/mol. The molecule has 0 aliphatic rings. The highest BCUT2D eigenvalue weighted by molar-refractivity contribution is 6.03. The number of rotatable bonds is 5. The molecule has 1 N–H and O–H groups in total. The van der Waals surface area contributed by atoms with Crippen LogP contribution in [-0.4, -0.2) is 10.5 Å². The second kappa shape index (κ2) is 7.83. The number of aromatic nitrogens is 1. The first kappa shape index (κ1) is 17.7. The zero-order chi connectivity index (χ0) is 18.5. The topological polar surface area (TPSA) is 51.1 Å². The molecule has 0 aliphatic carbocycles. The summed E-state index contributed by atoms with van der Waals surface area (Å²) in [5.74, 6) is -0.390. The van der Waals surface area contributed by atoms with Gasteiger partial charge in [0.1, 0.15) is 5.56 Å². The Kier molecular flexibility index (Phi) is 5.32. The van der Waals surface area contributed by atoms with E-state index in [4.69, 9.17) is 0 Å². The Bertz CT molecular complexity index is 972. The van der Waals surface area contributed by atoms with E-state index in [0.29, 0.717) is 12.2 Å². The maximum Gasteiger partial charge on any atom is 0.263 e. The van der Waals surface area contributed by atoms with E-state index in [1.165, 1.54) is 5.56 Å². The minimum Gasteiger partial charge on any atom is -0.322 e. The molecule has 3 rings (SSSR count). The van der Waals surface area contributed by atoms with Gasteiger partial charge in [0.2, 0.25) is 0 Å². The molecule has 0 bridgehead atoms. The lowest BCUT2D eigenvalue weighted by atomic mass is 10.1. The maximum atomic E-state index is 12.7. The monoisotopic (exact) mass is 346 g/mol. The van der Waals surface area contributed by atoms with Crippen LogP contribution in [0.2, 0.25) is 0 Å². The molecule has 0 saturated carbocycles. The van der Waals surface area contributed by atoms with E-state index >= 15 is 0 Å². The van der Waals surface area contributed by atoms with Gasteiger partial charge in [0, 0.05) is 11.9 Å². The highest BCUT2D eigenvalue weighted by atomic mass is 16.2. The molecule has 1 aromatic heterocycles. The first-order valence-electron chi connectivity index (χ1n) is 8.72. The number of anilines is 1. The Morgan fingerprint density at radius 2 is 1.73 bits per heavy atom. The molecule has 4 heteroatoms. The fourth-order valence-electron chi connectivity index (χ4n) is 2.83. The summed E-state index contributed by atoms with van der Waals surface area (Å²) in [6.45, 7) is 4.53. The smallest absolute Gasteiger partial charge is 0.263 e. The van der Waals surface area contributed by atoms with Crippen LogP contribution in [0.1, 0.15) is 34.0 Å². The van der Waals surface area contributed by atoms with Gasteiger partial charge in [0.15, 0.2) is 0 Å². The van der Waals surface area contributed by atoms with Gasteiger partial charge in [-0.15, -0.1) is 0 Å². The zero-order valence-electron chi connectivity index (χ0n) is 15.0. The van der Waals surface area contributed by atoms with E-state index in [0.717, 1.165) is 17.5 Å². The second-order valence-corrected chi connectivity index (χ2v) is 6.29. The molecule has 0 spiro atoms. The van der Waals surface area contributed by atoms with E-state index in [9.17, 15) is 9.59 Å². The van der Waals surface area contributed by atoms with Crippen LogP contribution in [0.5, 0.6) is 0 Å². The number of amides is 1. The lowest BCUT2D eigenvalue weighted by Crippen LogP contribution is -2.29. The van der Waals surface area contributed by atoms with Crippen molar-refractivity contribution in [3.8, 4) is 0 Å². The quantitative estimate of drug-likeness (QED) is 0.758. The van der Waals surface area contributed by atoms with Crippen LogP contribution in [-0.2, 0) is 13.0 Å². The van der Waals surface area contributed by atoms with E-state index in [2.05, 4.69) is 12.2 Å². The van der Waals surface area contributed by atoms with Gasteiger partial charge >= 0.3 is 0 Å². The summed E-state index contributed by atoms with van der Waals surface area (Å²) in [5, 5.41) is 2.80. The van der Waals surface area contributed by atoms with Crippen molar-refractivity contribution in [1.29, 1.82) is 0 Å². The van der Waals surface area contributed by atoms with Gasteiger partial charge in [-0.3, -0.25) is 9.59 Å². The molecule has 1 heterocycles. The summed E-state index contributed by atoms with van der Waals surface area (Å²) in [4.78, 5) is 25.3. The van der Waals surface area contributed by atoms with Crippen molar-refractivity contribution in [2.75, 3.05) is 5.32 Å². The molecule has 2 aromatic carbocycles. The Morgan fingerprint density at radius 1 is 1.00 bits per heavy atom. The van der Waals surface area contributed by atoms with Crippen molar-refractivity contribution >= 4 is 11.6 Å². The molecule has 0 fully saturated rings. The van der Waals surface area contributed by atoms with Crippen LogP contribution in [0.3, 0.4) is 0 Å². The van der Waals surface area contributed by atoms with Gasteiger partial charge in [-0.25, -0.2) is 0 Å². The van der Waals surface area contributed by atoms with Crippen LogP contribution in [0.25, 0.3) is 0 Å². The van der Waals surface area contributed by atoms with E-state index in [1.54, 1.807) is 22.9 Å². The highest BCUT2D eigenvalue weighted by Crippen LogP contribution is 2.12. The first-order chi connectivity index (χ1) is 12.6. The lowest BCUT2D eigenvalue weighted by molar-refractivity contribution is 0.102. The number of benzene rings is 2. The van der Waals surface area contributed by atoms with Gasteiger partial charge in [-0.2, -0.15) is 0 Å². The van der Waals surface area contributed by atoms with Crippen molar-refractivity contribution in [1.82, 2.24) is 4.57 Å². The standard InChI is InChI=1S/C22H22N2O2/c1-3-17-10-12-19(13-11-17)23-21(25)20-9-6-14-24(22(20)26)15-18-8-5-4-7-16(18)2/h4-14H,3,15H2,1-2H3,(H,23,25). The molecule has 0 aliphatic heterocycles. The molecule has 0 atom stereocenters. The fourth-order valence-corrected chi connectivity index (χ4v) is 2.83. The molecule has 4 nitrogen and oxygen atoms in total. The van der Waals surface area contributed by atoms with Crippen LogP contribution >= 0.6 is 0 Å². The fraction of sp³-hybridized carbons (Fsp3) is 0.182. The number of carbonyl (C=O) groups is 1. The number of aryl methyl sites for hydroxylation is 2. The van der Waals surface area contributed by atoms with Crippen molar-refractivity contribution in [2.45, 2.75) is 26.8 Å². The molecular weight excluding hydrogens is 324 g/mol. The minimum absolute atomic E-state index is 0.139. The predicted molar refractivity (Wildman–Crippen MR) is 105 cm³/mol. The summed E-state index contributed by atoms with van der Waals surface area (Å²) in [6.07, 6.45) is 2.65. The number of nitrogens with one attached hydrogen (secondary N) is 1. The lowest BCUT2D eigenvalue weighted by Gasteiger charge is -2.11. The van der Waals surface area contributed by atoms with Crippen molar-refractivity contribution < 1.29 is 4.79 Å². The summed E-state index contributed by atoms with van der Waals surface area (Å²) in [6, 6.07) is 18.9. The number of hydrogen-bond donors (Lipinski definition) is 1. The van der Waals surface area contributed by atoms with Gasteiger partial charge in [0.05, 0.1) is 6.54 Å². The van der Waals surface area contributed by atoms with Crippen molar-refractivity contribution in [3.05, 3.63) is 99.5 Å². The van der Waals surface area contributed by atoms with Gasteiger partial charge in [-0.05, 0) is 54.3 Å². The second-order valence-electron chi connectivity index (χ2n) is 6.29. The van der Waals surface area contributed by atoms with E-state index in [1.807, 2.05) is 55.5 Å². The molecule has 0 radical (unpaired) electrons. The molecule has 132 valence electrons. The van der Waals surface area contributed by atoms with Crippen LogP contribution in [0, 0.1) is 6.92 Å². The molecule has 26 heavy (non-hydrogen) atoms. The molecular formula is C22H22N2O2. The van der Waals surface area contributed by atoms with E-state index in [-0.39, 0.29) is 11.1 Å². The summed E-state index contributed by atoms with van der Waals surface area (Å²) >= 11 is 0. The predicted octanol–water partition coefficient (Wildman–Crippen LogP) is 4.02. The third-order valence-electron chi connectivity index (χ3n) is 4.49. The number of carbonyl (C=O) groups excluding carboxylic acids is 1. The van der Waals surface area contributed by atoms with Crippen molar-refractivity contribution in [3.63, 3.8) is 0 Å². The van der Waals surface area contributed by atoms with Crippen molar-refractivity contribution in [2.24, 2.45) is 0 Å². The summed E-state index contributed by atoms with van der Waals surface area (Å²) in [7, 11) is 0. The zero-order valence-corrected chi connectivity index (χ0v) is 15.0. The average Bonchev–Trinajstić information content (AvgIpc) is 2.65. The molecule has 3 aromatic rings. The Morgan fingerprint density at radius 3 is 2.42 bits per heavy atom. The van der Waals surface area contributed by atoms with Gasteiger partial charge < -0.3 is 9.88 Å². The van der Waals surface area contributed by atoms with Crippen LogP contribution < -0.4 is 10.9 Å². The van der Waals surface area contributed by atoms with Gasteiger partial charge in [0.25, 0.3) is 11.5 Å².